The molecule has 312 valence electrons. The van der Waals surface area contributed by atoms with Gasteiger partial charge in [-0.25, -0.2) is 22.6 Å². The number of hydrogen-bond donors (Lipinski definition) is 3. The summed E-state index contributed by atoms with van der Waals surface area (Å²) in [5.41, 5.74) is 0.618. The predicted octanol–water partition coefficient (Wildman–Crippen LogP) is 5.08. The molecule has 0 spiro atoms. The summed E-state index contributed by atoms with van der Waals surface area (Å²) in [4.78, 5) is 25.5. The molecule has 16 nitrogen and oxygen atoms in total. The van der Waals surface area contributed by atoms with Gasteiger partial charge in [-0.05, 0) is 86.7 Å². The molecule has 57 heavy (non-hydrogen) atoms. The number of rotatable bonds is 20. The number of alkyl carbamates (subject to hydrolysis) is 1. The number of nitrogens with zero attached hydrogens (tertiary/aromatic N) is 1. The third-order valence-electron chi connectivity index (χ3n) is 9.14. The number of ether oxygens (including phenoxy) is 5. The Morgan fingerprint density at radius 2 is 1.67 bits per heavy atom. The van der Waals surface area contributed by atoms with Gasteiger partial charge < -0.3 is 43.7 Å². The Balaban J connectivity index is 1.32. The van der Waals surface area contributed by atoms with E-state index in [1.807, 2.05) is 13.8 Å². The van der Waals surface area contributed by atoms with Gasteiger partial charge in [-0.2, -0.15) is 4.31 Å². The van der Waals surface area contributed by atoms with Gasteiger partial charge in [0.1, 0.15) is 23.4 Å². The van der Waals surface area contributed by atoms with Crippen molar-refractivity contribution in [1.82, 2.24) is 9.62 Å². The smallest absolute Gasteiger partial charge is 0.417 e. The van der Waals surface area contributed by atoms with E-state index in [4.69, 9.17) is 32.7 Å². The van der Waals surface area contributed by atoms with Gasteiger partial charge in [-0.1, -0.05) is 44.2 Å². The number of aliphatic hydroxyl groups is 1. The maximum atomic E-state index is 13.9. The lowest BCUT2D eigenvalue weighted by atomic mass is 10.0. The van der Waals surface area contributed by atoms with Gasteiger partial charge in [-0.3, -0.25) is 4.52 Å². The number of amides is 1. The molecular formula is C39H51N2O14PS. The number of para-hydroxylation sites is 1. The highest BCUT2D eigenvalue weighted by atomic mass is 32.2. The number of benzene rings is 3. The lowest BCUT2D eigenvalue weighted by Gasteiger charge is -2.31. The number of esters is 1. The largest absolute Gasteiger partial charge is 0.508 e. The van der Waals surface area contributed by atoms with Crippen LogP contribution in [0.5, 0.6) is 17.2 Å². The molecule has 0 aliphatic carbocycles. The van der Waals surface area contributed by atoms with Crippen molar-refractivity contribution >= 4 is 29.7 Å². The van der Waals surface area contributed by atoms with Crippen molar-refractivity contribution in [2.45, 2.75) is 76.1 Å². The second-order valence-corrected chi connectivity index (χ2v) is 17.9. The lowest BCUT2D eigenvalue weighted by molar-refractivity contribution is -0.150. The van der Waals surface area contributed by atoms with E-state index in [0.717, 1.165) is 4.31 Å². The van der Waals surface area contributed by atoms with Crippen LogP contribution in [0, 0.1) is 11.8 Å². The van der Waals surface area contributed by atoms with Crippen molar-refractivity contribution in [2.75, 3.05) is 39.3 Å². The van der Waals surface area contributed by atoms with E-state index in [1.54, 1.807) is 61.5 Å². The Labute approximate surface area is 332 Å². The molecule has 2 saturated heterocycles. The van der Waals surface area contributed by atoms with Crippen molar-refractivity contribution in [1.29, 1.82) is 0 Å². The molecule has 3 N–H and O–H groups in total. The number of nitrogens with one attached hydrogen (secondary N) is 1. The Hall–Kier alpha value is -4.22. The highest BCUT2D eigenvalue weighted by Crippen LogP contribution is 2.49. The minimum Gasteiger partial charge on any atom is -0.508 e. The average Bonchev–Trinajstić information content (AvgIpc) is 3.80. The zero-order valence-corrected chi connectivity index (χ0v) is 34.0. The second-order valence-electron chi connectivity index (χ2n) is 14.1. The zero-order chi connectivity index (χ0) is 41.2. The van der Waals surface area contributed by atoms with Crippen LogP contribution in [0.3, 0.4) is 0 Å². The molecule has 2 fully saturated rings. The average molecular weight is 835 g/mol. The van der Waals surface area contributed by atoms with E-state index >= 15 is 0 Å². The van der Waals surface area contributed by atoms with Gasteiger partial charge in [0, 0.05) is 13.1 Å². The van der Waals surface area contributed by atoms with Crippen LogP contribution in [0.25, 0.3) is 0 Å². The number of aromatic hydroxyl groups is 1. The highest BCUT2D eigenvalue weighted by Gasteiger charge is 2.44. The topological polar surface area (TPSA) is 206 Å². The summed E-state index contributed by atoms with van der Waals surface area (Å²) in [6.07, 6.45) is -4.32. The van der Waals surface area contributed by atoms with E-state index in [0.29, 0.717) is 18.6 Å². The number of aliphatic hydroxyl groups excluding tert-OH is 1. The SMILES string of the molecule is CCOC(=O)[C@H](C)OP(=O)(COc1ccc(C[C@H](NC(=O)O[C@H]2CO[C@H]3OCC[C@H]32)[C@H](O)CN(CC(C)C)S(=O)(=O)c2ccc(O)cc2)cc1)Oc1ccccc1. The molecule has 0 aromatic heterocycles. The van der Waals surface area contributed by atoms with E-state index in [-0.39, 0.29) is 66.7 Å². The molecule has 1 amide bonds. The molecule has 3 aromatic carbocycles. The first kappa shape index (κ1) is 43.9. The fourth-order valence-corrected chi connectivity index (χ4v) is 9.42. The first-order valence-corrected chi connectivity index (χ1v) is 21.9. The Kier molecular flexibility index (Phi) is 15.4. The maximum Gasteiger partial charge on any atom is 0.417 e. The predicted molar refractivity (Wildman–Crippen MR) is 206 cm³/mol. The quantitative estimate of drug-likeness (QED) is 0.100. The lowest BCUT2D eigenvalue weighted by Crippen LogP contribution is -2.51. The highest BCUT2D eigenvalue weighted by molar-refractivity contribution is 7.89. The monoisotopic (exact) mass is 834 g/mol. The molecule has 3 aromatic rings. The maximum absolute atomic E-state index is 13.9. The molecule has 0 saturated carbocycles. The van der Waals surface area contributed by atoms with Crippen LogP contribution < -0.4 is 14.6 Å². The van der Waals surface area contributed by atoms with Crippen LogP contribution in [0.15, 0.2) is 83.8 Å². The summed E-state index contributed by atoms with van der Waals surface area (Å²) in [7, 11) is -8.22. The first-order chi connectivity index (χ1) is 27.2. The summed E-state index contributed by atoms with van der Waals surface area (Å²) >= 11 is 0. The van der Waals surface area contributed by atoms with Gasteiger partial charge in [0.25, 0.3) is 0 Å². The second kappa shape index (κ2) is 20.0. The molecular weight excluding hydrogens is 783 g/mol. The summed E-state index contributed by atoms with van der Waals surface area (Å²) in [5.74, 6) is -0.555. The number of phenols is 1. The normalized spacial score (nSPS) is 20.6. The summed E-state index contributed by atoms with van der Waals surface area (Å²) in [5, 5.41) is 24.2. The molecule has 7 atom stereocenters. The van der Waals surface area contributed by atoms with Crippen molar-refractivity contribution < 1.29 is 65.5 Å². The van der Waals surface area contributed by atoms with Crippen molar-refractivity contribution in [3.05, 3.63) is 84.4 Å². The van der Waals surface area contributed by atoms with E-state index in [2.05, 4.69) is 5.32 Å². The summed E-state index contributed by atoms with van der Waals surface area (Å²) in [6, 6.07) is 18.8. The Morgan fingerprint density at radius 3 is 2.33 bits per heavy atom. The van der Waals surface area contributed by atoms with Crippen molar-refractivity contribution in [3.8, 4) is 17.2 Å². The molecule has 2 aliphatic heterocycles. The number of carbonyl (C=O) groups excluding carboxylic acids is 2. The summed E-state index contributed by atoms with van der Waals surface area (Å²) < 4.78 is 81.5. The number of phenolic OH excluding ortho intramolecular Hbond substituents is 1. The third kappa shape index (κ3) is 12.4. The van der Waals surface area contributed by atoms with Crippen LogP contribution in [-0.4, -0.2) is 105 Å². The Morgan fingerprint density at radius 1 is 0.965 bits per heavy atom. The summed E-state index contributed by atoms with van der Waals surface area (Å²) in [6.45, 7) is 7.14. The van der Waals surface area contributed by atoms with Gasteiger partial charge in [0.05, 0.1) is 42.8 Å². The van der Waals surface area contributed by atoms with Crippen molar-refractivity contribution in [2.24, 2.45) is 11.8 Å². The molecule has 2 aliphatic rings. The van der Waals surface area contributed by atoms with E-state index in [1.165, 1.54) is 31.2 Å². The van der Waals surface area contributed by atoms with Crippen molar-refractivity contribution in [3.63, 3.8) is 0 Å². The fourth-order valence-electron chi connectivity index (χ4n) is 6.33. The van der Waals surface area contributed by atoms with Crippen LogP contribution in [0.2, 0.25) is 0 Å². The zero-order valence-electron chi connectivity index (χ0n) is 32.3. The number of carbonyl (C=O) groups is 2. The van der Waals surface area contributed by atoms with Crippen LogP contribution in [-0.2, 0) is 49.3 Å². The number of fused-ring (bicyclic) bond motifs is 1. The number of sulfonamides is 1. The molecule has 2 heterocycles. The molecule has 1 unspecified atom stereocenters. The standard InChI is InChI=1S/C39H51N2O14PS/c1-5-49-37(44)27(4)54-56(46,55-31-9-7-6-8-10-31)25-52-30-15-11-28(12-16-30)21-34(40-39(45)53-36-24-51-38-33(36)19-20-50-38)35(43)23-41(22-26(2)3)57(47,48)32-17-13-29(42)14-18-32/h6-18,26-27,33-36,38,42-43H,5,19-25H2,1-4H3,(H,40,45)/t27-,33-,34-,35+,36-,38+,56?/m0/s1. The third-order valence-corrected chi connectivity index (χ3v) is 12.6. The Bertz CT molecular complexity index is 1920. The first-order valence-electron chi connectivity index (χ1n) is 18.7. The van der Waals surface area contributed by atoms with Crippen LogP contribution in [0.1, 0.15) is 39.7 Å². The minimum atomic E-state index is -4.13. The fraction of sp³-hybridized carbons (Fsp3) is 0.487. The van der Waals surface area contributed by atoms with Crippen LogP contribution >= 0.6 is 7.60 Å². The number of hydrogen-bond acceptors (Lipinski definition) is 14. The van der Waals surface area contributed by atoms with Crippen LogP contribution in [0.4, 0.5) is 4.79 Å². The van der Waals surface area contributed by atoms with Gasteiger partial charge in [-0.15, -0.1) is 0 Å². The van der Waals surface area contributed by atoms with Gasteiger partial charge in [0.2, 0.25) is 16.4 Å². The molecule has 0 bridgehead atoms. The molecule has 0 radical (unpaired) electrons. The minimum absolute atomic E-state index is 0.0391. The van der Waals surface area contributed by atoms with Gasteiger partial charge in [0.15, 0.2) is 12.4 Å². The van der Waals surface area contributed by atoms with E-state index < -0.39 is 66.7 Å². The molecule has 5 rings (SSSR count). The van der Waals surface area contributed by atoms with E-state index in [9.17, 15) is 32.8 Å². The van der Waals surface area contributed by atoms with Gasteiger partial charge >= 0.3 is 19.7 Å². The molecule has 18 heteroatoms.